The van der Waals surface area contributed by atoms with Gasteiger partial charge in [0.2, 0.25) is 0 Å². The van der Waals surface area contributed by atoms with Crippen molar-refractivity contribution in [3.63, 3.8) is 0 Å². The van der Waals surface area contributed by atoms with Crippen LogP contribution in [0.5, 0.6) is 0 Å². The second kappa shape index (κ2) is 6.63. The summed E-state index contributed by atoms with van der Waals surface area (Å²) in [5.41, 5.74) is 9.78. The van der Waals surface area contributed by atoms with Gasteiger partial charge in [0.25, 0.3) is 5.91 Å². The maximum absolute atomic E-state index is 12.7. The molecule has 0 spiro atoms. The number of aryl methyl sites for hydroxylation is 2. The minimum Gasteiger partial charge on any atom is -0.338 e. The monoisotopic (exact) mass is 348 g/mol. The molecule has 1 unspecified atom stereocenters. The lowest BCUT2D eigenvalue weighted by Gasteiger charge is -2.15. The zero-order chi connectivity index (χ0) is 15.1. The number of benzene rings is 1. The number of nitrogens with two attached hydrogens (primary N) is 1. The zero-order valence-electron chi connectivity index (χ0n) is 13.0. The quantitative estimate of drug-likeness (QED) is 0.904. The summed E-state index contributed by atoms with van der Waals surface area (Å²) in [6.07, 6.45) is 3.16. The van der Waals surface area contributed by atoms with Crippen molar-refractivity contribution >= 4 is 29.7 Å². The minimum atomic E-state index is 0. The molecule has 2 heterocycles. The summed E-state index contributed by atoms with van der Waals surface area (Å²) in [6.45, 7) is 2.34. The fourth-order valence-corrected chi connectivity index (χ4v) is 4.78. The highest BCUT2D eigenvalue weighted by Gasteiger charge is 2.28. The van der Waals surface area contributed by atoms with Crippen molar-refractivity contribution in [3.05, 3.63) is 46.3 Å². The van der Waals surface area contributed by atoms with Crippen LogP contribution < -0.4 is 5.73 Å². The van der Waals surface area contributed by atoms with Crippen molar-refractivity contribution in [1.82, 2.24) is 4.90 Å². The van der Waals surface area contributed by atoms with Crippen LogP contribution in [0.15, 0.2) is 30.3 Å². The van der Waals surface area contributed by atoms with Gasteiger partial charge in [0.1, 0.15) is 0 Å². The molecule has 1 aliphatic heterocycles. The number of amides is 1. The van der Waals surface area contributed by atoms with E-state index in [2.05, 4.69) is 30.3 Å². The summed E-state index contributed by atoms with van der Waals surface area (Å²) >= 11 is 1.66. The zero-order valence-corrected chi connectivity index (χ0v) is 14.6. The number of fused-ring (bicyclic) bond motifs is 3. The molecule has 23 heavy (non-hydrogen) atoms. The van der Waals surface area contributed by atoms with Gasteiger partial charge in [0, 0.05) is 18.0 Å². The number of hydrogen-bond donors (Lipinski definition) is 1. The Balaban J connectivity index is 0.00000156. The maximum atomic E-state index is 12.7. The van der Waals surface area contributed by atoms with Crippen LogP contribution in [0.2, 0.25) is 0 Å². The van der Waals surface area contributed by atoms with E-state index in [1.807, 2.05) is 4.90 Å². The summed E-state index contributed by atoms with van der Waals surface area (Å²) in [7, 11) is 0. The standard InChI is InChI=1S/C18H20N2OS.ClH/c19-10-12-7-8-20(11-12)18(21)16-9-14-6-5-13-3-1-2-4-15(13)17(14)22-16;/h1-4,9,12H,5-8,10-11,19H2;1H. The van der Waals surface area contributed by atoms with Gasteiger partial charge in [-0.2, -0.15) is 0 Å². The van der Waals surface area contributed by atoms with Crippen LogP contribution in [0.3, 0.4) is 0 Å². The van der Waals surface area contributed by atoms with E-state index in [0.717, 1.165) is 37.2 Å². The first-order valence-electron chi connectivity index (χ1n) is 7.96. The van der Waals surface area contributed by atoms with Crippen LogP contribution in [0.4, 0.5) is 0 Å². The molecule has 1 saturated heterocycles. The van der Waals surface area contributed by atoms with Crippen molar-refractivity contribution in [2.45, 2.75) is 19.3 Å². The minimum absolute atomic E-state index is 0. The number of nitrogens with zero attached hydrogens (tertiary/aromatic N) is 1. The Hall–Kier alpha value is -1.36. The van der Waals surface area contributed by atoms with Crippen LogP contribution in [0, 0.1) is 5.92 Å². The first-order chi connectivity index (χ1) is 10.8. The van der Waals surface area contributed by atoms with Gasteiger partial charge in [0.05, 0.1) is 4.88 Å². The number of carbonyl (C=O) groups is 1. The largest absolute Gasteiger partial charge is 0.338 e. The van der Waals surface area contributed by atoms with E-state index in [1.165, 1.54) is 21.6 Å². The van der Waals surface area contributed by atoms with Gasteiger partial charge in [-0.15, -0.1) is 23.7 Å². The summed E-state index contributed by atoms with van der Waals surface area (Å²) in [6, 6.07) is 10.7. The molecule has 1 fully saturated rings. The van der Waals surface area contributed by atoms with Gasteiger partial charge < -0.3 is 10.6 Å². The Bertz CT molecular complexity index is 728. The number of rotatable bonds is 2. The SMILES string of the molecule is Cl.NCC1CCN(C(=O)c2cc3c(s2)-c2ccccc2CC3)C1. The fourth-order valence-electron chi connectivity index (χ4n) is 3.54. The molecule has 5 heteroatoms. The molecule has 1 aromatic heterocycles. The third-order valence-electron chi connectivity index (χ3n) is 4.85. The molecule has 1 aromatic carbocycles. The Kier molecular flexibility index (Phi) is 4.76. The molecule has 3 nitrogen and oxygen atoms in total. The number of halogens is 1. The van der Waals surface area contributed by atoms with E-state index in [0.29, 0.717) is 12.5 Å². The van der Waals surface area contributed by atoms with Crippen LogP contribution in [0.1, 0.15) is 27.2 Å². The normalized spacial score (nSPS) is 19.0. The fraction of sp³-hybridized carbons (Fsp3) is 0.389. The lowest BCUT2D eigenvalue weighted by atomic mass is 9.91. The Morgan fingerprint density at radius 3 is 2.83 bits per heavy atom. The summed E-state index contributed by atoms with van der Waals surface area (Å²) in [5, 5.41) is 0. The van der Waals surface area contributed by atoms with E-state index in [9.17, 15) is 4.79 Å². The molecule has 0 saturated carbocycles. The van der Waals surface area contributed by atoms with Crippen molar-refractivity contribution in [2.24, 2.45) is 11.7 Å². The highest BCUT2D eigenvalue weighted by molar-refractivity contribution is 7.17. The van der Waals surface area contributed by atoms with E-state index >= 15 is 0 Å². The summed E-state index contributed by atoms with van der Waals surface area (Å²) in [5.74, 6) is 0.659. The molecule has 2 N–H and O–H groups in total. The van der Waals surface area contributed by atoms with Crippen LogP contribution in [-0.4, -0.2) is 30.4 Å². The average molecular weight is 349 g/mol. The lowest BCUT2D eigenvalue weighted by molar-refractivity contribution is 0.0792. The van der Waals surface area contributed by atoms with E-state index < -0.39 is 0 Å². The highest BCUT2D eigenvalue weighted by atomic mass is 35.5. The van der Waals surface area contributed by atoms with E-state index in [1.54, 1.807) is 11.3 Å². The molecule has 2 aliphatic rings. The maximum Gasteiger partial charge on any atom is 0.263 e. The number of likely N-dealkylation sites (tertiary alicyclic amines) is 1. The third kappa shape index (κ3) is 2.91. The molecule has 0 bridgehead atoms. The van der Waals surface area contributed by atoms with E-state index in [-0.39, 0.29) is 18.3 Å². The smallest absolute Gasteiger partial charge is 0.263 e. The van der Waals surface area contributed by atoms with Crippen molar-refractivity contribution < 1.29 is 4.79 Å². The Labute approximate surface area is 146 Å². The molecule has 1 amide bonds. The number of carbonyl (C=O) groups excluding carboxylic acids is 1. The predicted octanol–water partition coefficient (Wildman–Crippen LogP) is 3.36. The van der Waals surface area contributed by atoms with Gasteiger partial charge in [-0.25, -0.2) is 0 Å². The summed E-state index contributed by atoms with van der Waals surface area (Å²) in [4.78, 5) is 16.9. The second-order valence-corrected chi connectivity index (χ2v) is 7.32. The van der Waals surface area contributed by atoms with Gasteiger partial charge >= 0.3 is 0 Å². The topological polar surface area (TPSA) is 46.3 Å². The van der Waals surface area contributed by atoms with Crippen LogP contribution in [-0.2, 0) is 12.8 Å². The molecular formula is C18H21ClN2OS. The molecule has 4 rings (SSSR count). The Morgan fingerprint density at radius 1 is 1.26 bits per heavy atom. The second-order valence-electron chi connectivity index (χ2n) is 6.26. The average Bonchev–Trinajstić information content (AvgIpc) is 3.20. The molecule has 0 radical (unpaired) electrons. The van der Waals surface area contributed by atoms with Crippen molar-refractivity contribution in [1.29, 1.82) is 0 Å². The Morgan fingerprint density at radius 2 is 2.04 bits per heavy atom. The molecule has 1 atom stereocenters. The first kappa shape index (κ1) is 16.5. The molecule has 2 aromatic rings. The third-order valence-corrected chi connectivity index (χ3v) is 6.05. The molecule has 1 aliphatic carbocycles. The summed E-state index contributed by atoms with van der Waals surface area (Å²) < 4.78 is 0. The van der Waals surface area contributed by atoms with E-state index in [4.69, 9.17) is 5.73 Å². The van der Waals surface area contributed by atoms with Crippen LogP contribution in [0.25, 0.3) is 10.4 Å². The van der Waals surface area contributed by atoms with Gasteiger partial charge in [0.15, 0.2) is 0 Å². The first-order valence-corrected chi connectivity index (χ1v) is 8.78. The van der Waals surface area contributed by atoms with Gasteiger partial charge in [-0.1, -0.05) is 24.3 Å². The number of hydrogen-bond acceptors (Lipinski definition) is 3. The highest BCUT2D eigenvalue weighted by Crippen LogP contribution is 2.40. The molecular weight excluding hydrogens is 328 g/mol. The lowest BCUT2D eigenvalue weighted by Crippen LogP contribution is -2.29. The van der Waals surface area contributed by atoms with Crippen molar-refractivity contribution in [2.75, 3.05) is 19.6 Å². The molecule has 122 valence electrons. The van der Waals surface area contributed by atoms with Gasteiger partial charge in [-0.05, 0) is 54.5 Å². The van der Waals surface area contributed by atoms with Gasteiger partial charge in [-0.3, -0.25) is 4.79 Å². The van der Waals surface area contributed by atoms with Crippen LogP contribution >= 0.6 is 23.7 Å². The predicted molar refractivity (Wildman–Crippen MR) is 97.5 cm³/mol. The number of thiophene rings is 1. The van der Waals surface area contributed by atoms with Crippen molar-refractivity contribution in [3.8, 4) is 10.4 Å².